The molecule has 4 aromatic rings. The number of phenols is 4. The van der Waals surface area contributed by atoms with Crippen molar-refractivity contribution in [2.45, 2.75) is 167 Å². The third-order valence-corrected chi connectivity index (χ3v) is 15.9. The maximum atomic E-state index is 14.8. The van der Waals surface area contributed by atoms with E-state index in [-0.39, 0.29) is 34.3 Å². The number of hydrogen-bond acceptors (Lipinski definition) is 34. The van der Waals surface area contributed by atoms with Gasteiger partial charge in [0.25, 0.3) is 0 Å². The Hall–Kier alpha value is -6.40. The van der Waals surface area contributed by atoms with Gasteiger partial charge >= 0.3 is 5.97 Å². The molecule has 25 atom stereocenters. The minimum atomic E-state index is -2.32. The number of carbonyl (C=O) groups excluding carboxylic acids is 1. The van der Waals surface area contributed by atoms with E-state index in [1.165, 1.54) is 65.5 Å². The van der Waals surface area contributed by atoms with E-state index in [1.807, 2.05) is 0 Å². The second kappa shape index (κ2) is 28.9. The summed E-state index contributed by atoms with van der Waals surface area (Å²) in [7, 11) is 3.78. The number of benzene rings is 3. The predicted octanol–water partition coefficient (Wildman–Crippen LogP) is -4.90. The van der Waals surface area contributed by atoms with Gasteiger partial charge in [-0.1, -0.05) is 0 Å². The van der Waals surface area contributed by atoms with Crippen LogP contribution in [0, 0.1) is 0 Å². The van der Waals surface area contributed by atoms with Crippen LogP contribution in [-0.4, -0.2) is 287 Å². The van der Waals surface area contributed by atoms with Crippen LogP contribution < -0.4 is 24.4 Å². The third-order valence-electron chi connectivity index (χ3n) is 15.9. The van der Waals surface area contributed by atoms with Gasteiger partial charge in [0.15, 0.2) is 60.0 Å². The van der Waals surface area contributed by atoms with Crippen molar-refractivity contribution in [1.82, 2.24) is 0 Å². The first kappa shape index (κ1) is 69.0. The zero-order chi connectivity index (χ0) is 66.2. The van der Waals surface area contributed by atoms with Gasteiger partial charge < -0.3 is 158 Å². The van der Waals surface area contributed by atoms with Crippen molar-refractivity contribution in [3.63, 3.8) is 0 Å². The standard InChI is InChI=1S/C57H72O34/c1-18-34(63)43(72)51(90-53-45(74)41(70)37(66)29(15-58)85-53)56(83-18)81-17-31-39(68)44(73)52(57(87-31)89-50-40(69)33-24(61)13-22(59)14-26(33)84-48(50)21-7-8-23(60)25(12-21)77-3)91-55-47(76)49(35(64)19(2)82-55)88-54-46(75)42(71)38(67)30(86-54)16-80-32(62)9-6-20-10-27(78-4)36(65)28(11-20)79-5/h6-14,18-19,29-31,34-35,37-39,41-47,49,51-61,63-68,70-76H,15-17H2,1-5H3. The lowest BCUT2D eigenvalue weighted by atomic mass is 9.96. The van der Waals surface area contributed by atoms with Gasteiger partial charge in [0.05, 0.1) is 46.8 Å². The van der Waals surface area contributed by atoms with E-state index in [4.69, 9.17) is 70.7 Å². The molecule has 5 aliphatic heterocycles. The van der Waals surface area contributed by atoms with E-state index in [0.29, 0.717) is 5.56 Å². The van der Waals surface area contributed by atoms with Gasteiger partial charge in [-0.15, -0.1) is 0 Å². The summed E-state index contributed by atoms with van der Waals surface area (Å²) in [4.78, 5) is 27.6. The molecule has 91 heavy (non-hydrogen) atoms. The van der Waals surface area contributed by atoms with Crippen molar-refractivity contribution in [3.05, 3.63) is 64.3 Å². The van der Waals surface area contributed by atoms with Crippen LogP contribution in [0.5, 0.6) is 46.0 Å². The number of hydrogen-bond donors (Lipinski definition) is 17. The molecule has 5 saturated heterocycles. The number of aliphatic hydroxyl groups is 13. The minimum Gasteiger partial charge on any atom is -0.508 e. The molecule has 0 bridgehead atoms. The largest absolute Gasteiger partial charge is 0.508 e. The maximum absolute atomic E-state index is 14.8. The van der Waals surface area contributed by atoms with Gasteiger partial charge in [-0.05, 0) is 55.8 Å². The number of fused-ring (bicyclic) bond motifs is 1. The summed E-state index contributed by atoms with van der Waals surface area (Å²) in [5.74, 6) is -4.64. The Bertz CT molecular complexity index is 3210. The SMILES string of the molecule is COc1cc(-c2oc3cc(O)cc(O)c3c(=O)c2OC2OC(COC3OC(C)C(O)C(O)C3OC3OC(CO)C(O)C(O)C3O)C(O)C(O)C2OC2OC(C)C(O)C(OC3OC(COC(=O)C=Cc4cc(OC)c(O)c(OC)c4)C(O)C(O)C3O)C2O)ccc1O. The highest BCUT2D eigenvalue weighted by atomic mass is 16.8. The molecule has 3 aromatic carbocycles. The quantitative estimate of drug-likeness (QED) is 0.0291. The summed E-state index contributed by atoms with van der Waals surface area (Å²) >= 11 is 0. The van der Waals surface area contributed by atoms with Gasteiger partial charge in [0.1, 0.15) is 133 Å². The minimum absolute atomic E-state index is 0.0171. The molecule has 25 unspecified atom stereocenters. The zero-order valence-electron chi connectivity index (χ0n) is 48.8. The highest BCUT2D eigenvalue weighted by molar-refractivity contribution is 5.89. The molecule has 9 rings (SSSR count). The van der Waals surface area contributed by atoms with Gasteiger partial charge in [-0.3, -0.25) is 4.79 Å². The van der Waals surface area contributed by atoms with Gasteiger partial charge in [-0.25, -0.2) is 4.79 Å². The molecule has 6 heterocycles. The first-order valence-corrected chi connectivity index (χ1v) is 28.2. The number of phenolic OH excluding ortho intramolecular Hbond substituents is 4. The van der Waals surface area contributed by atoms with Crippen LogP contribution in [0.15, 0.2) is 57.8 Å². The van der Waals surface area contributed by atoms with Gasteiger partial charge in [0.2, 0.25) is 23.2 Å². The summed E-state index contributed by atoms with van der Waals surface area (Å²) in [5, 5.41) is 186. The molecule has 0 aliphatic carbocycles. The highest BCUT2D eigenvalue weighted by Crippen LogP contribution is 2.42. The van der Waals surface area contributed by atoms with Crippen molar-refractivity contribution >= 4 is 23.0 Å². The van der Waals surface area contributed by atoms with E-state index in [2.05, 4.69) is 0 Å². The van der Waals surface area contributed by atoms with Crippen LogP contribution in [0.3, 0.4) is 0 Å². The van der Waals surface area contributed by atoms with E-state index < -0.39 is 219 Å². The molecule has 34 heteroatoms. The Labute approximate surface area is 514 Å². The smallest absolute Gasteiger partial charge is 0.330 e. The molecular weight excluding hydrogens is 1230 g/mol. The van der Waals surface area contributed by atoms with Crippen molar-refractivity contribution < 1.29 is 162 Å². The van der Waals surface area contributed by atoms with Crippen LogP contribution in [0.2, 0.25) is 0 Å². The van der Waals surface area contributed by atoms with Gasteiger partial charge in [-0.2, -0.15) is 0 Å². The van der Waals surface area contributed by atoms with Crippen LogP contribution in [0.4, 0.5) is 0 Å². The third kappa shape index (κ3) is 14.3. The molecule has 5 fully saturated rings. The molecule has 0 radical (unpaired) electrons. The average molecular weight is 1300 g/mol. The first-order chi connectivity index (χ1) is 43.2. The molecule has 504 valence electrons. The van der Waals surface area contributed by atoms with Crippen molar-refractivity contribution in [3.8, 4) is 57.3 Å². The van der Waals surface area contributed by atoms with Crippen molar-refractivity contribution in [2.75, 3.05) is 41.2 Å². The van der Waals surface area contributed by atoms with Crippen LogP contribution in [0.1, 0.15) is 19.4 Å². The zero-order valence-corrected chi connectivity index (χ0v) is 48.8. The van der Waals surface area contributed by atoms with Crippen molar-refractivity contribution in [2.24, 2.45) is 0 Å². The predicted molar refractivity (Wildman–Crippen MR) is 296 cm³/mol. The number of carbonyl (C=O) groups is 1. The van der Waals surface area contributed by atoms with Crippen LogP contribution in [0.25, 0.3) is 28.4 Å². The fourth-order valence-electron chi connectivity index (χ4n) is 10.7. The van der Waals surface area contributed by atoms with Gasteiger partial charge in [0, 0.05) is 23.8 Å². The first-order valence-electron chi connectivity index (χ1n) is 28.2. The van der Waals surface area contributed by atoms with Crippen LogP contribution >= 0.6 is 0 Å². The van der Waals surface area contributed by atoms with E-state index in [1.54, 1.807) is 0 Å². The number of esters is 1. The monoisotopic (exact) mass is 1300 g/mol. The summed E-state index contributed by atoms with van der Waals surface area (Å²) in [6.07, 6.45) is -46.0. The topological polar surface area (TPSA) is 520 Å². The molecule has 0 saturated carbocycles. The lowest BCUT2D eigenvalue weighted by Crippen LogP contribution is -2.67. The lowest BCUT2D eigenvalue weighted by Gasteiger charge is -2.48. The summed E-state index contributed by atoms with van der Waals surface area (Å²) in [6, 6.07) is 8.08. The Kier molecular flexibility index (Phi) is 21.9. The van der Waals surface area contributed by atoms with Crippen molar-refractivity contribution in [1.29, 1.82) is 0 Å². The number of aromatic hydroxyl groups is 4. The molecule has 34 nitrogen and oxygen atoms in total. The fourth-order valence-corrected chi connectivity index (χ4v) is 10.7. The Morgan fingerprint density at radius 3 is 1.68 bits per heavy atom. The maximum Gasteiger partial charge on any atom is 0.330 e. The fraction of sp³-hybridized carbons (Fsp3) is 0.579. The Morgan fingerprint density at radius 1 is 0.527 bits per heavy atom. The van der Waals surface area contributed by atoms with E-state index in [9.17, 15) is 96.4 Å². The molecule has 1 aromatic heterocycles. The van der Waals surface area contributed by atoms with E-state index in [0.717, 1.165) is 24.3 Å². The summed E-state index contributed by atoms with van der Waals surface area (Å²) < 4.78 is 86.0. The molecule has 17 N–H and O–H groups in total. The Balaban J connectivity index is 1.00. The molecule has 0 spiro atoms. The summed E-state index contributed by atoms with van der Waals surface area (Å²) in [6.45, 7) is -0.0270. The normalized spacial score (nSPS) is 37.1. The molecule has 0 amide bonds. The number of methoxy groups -OCH3 is 3. The van der Waals surface area contributed by atoms with E-state index >= 15 is 0 Å². The molecular formula is C57H72O34. The highest BCUT2D eigenvalue weighted by Gasteiger charge is 2.56. The number of aliphatic hydroxyl groups excluding tert-OH is 13. The Morgan fingerprint density at radius 2 is 1.05 bits per heavy atom. The number of rotatable bonds is 20. The van der Waals surface area contributed by atoms with Crippen LogP contribution in [-0.2, 0) is 52.2 Å². The second-order valence-corrected chi connectivity index (χ2v) is 21.9. The molecule has 5 aliphatic rings. The summed E-state index contributed by atoms with van der Waals surface area (Å²) in [5.41, 5.74) is -1.38. The lowest BCUT2D eigenvalue weighted by molar-refractivity contribution is -0.383. The number of ether oxygens (including phenoxy) is 14. The average Bonchev–Trinajstić information content (AvgIpc) is 0.793. The second-order valence-electron chi connectivity index (χ2n) is 21.9.